The van der Waals surface area contributed by atoms with E-state index in [9.17, 15) is 19.2 Å². The van der Waals surface area contributed by atoms with E-state index in [0.29, 0.717) is 76.0 Å². The zero-order chi connectivity index (χ0) is 37.2. The number of hydrogen-bond acceptors (Lipinski definition) is 10. The number of nitrogens with one attached hydrogen (secondary N) is 2. The third-order valence-corrected chi connectivity index (χ3v) is 11.8. The molecule has 54 heavy (non-hydrogen) atoms. The molecule has 5 heterocycles. The second kappa shape index (κ2) is 11.7. The lowest BCUT2D eigenvalue weighted by Gasteiger charge is -2.30. The van der Waals surface area contributed by atoms with Crippen molar-refractivity contribution in [1.29, 1.82) is 0 Å². The minimum absolute atomic E-state index is 0.0669. The highest BCUT2D eigenvalue weighted by atomic mass is 16.1. The van der Waals surface area contributed by atoms with E-state index in [2.05, 4.69) is 16.5 Å². The summed E-state index contributed by atoms with van der Waals surface area (Å²) >= 11 is 0. The van der Waals surface area contributed by atoms with Gasteiger partial charge in [-0.15, -0.1) is 0 Å². The Hall–Kier alpha value is -6.04. The van der Waals surface area contributed by atoms with E-state index < -0.39 is 11.8 Å². The van der Waals surface area contributed by atoms with Crippen LogP contribution in [0.1, 0.15) is 92.7 Å². The molecule has 0 saturated heterocycles. The molecule has 6 aliphatic carbocycles. The Kier molecular flexibility index (Phi) is 7.08. The predicted octanol–water partition coefficient (Wildman–Crippen LogP) is 6.15. The minimum Gasteiger partial charge on any atom is -0.325 e. The molecule has 7 unspecified atom stereocenters. The molecule has 0 saturated carbocycles. The normalized spacial score (nSPS) is 28.7. The van der Waals surface area contributed by atoms with Crippen molar-refractivity contribution in [3.63, 3.8) is 0 Å². The maximum atomic E-state index is 13.5. The lowest BCUT2D eigenvalue weighted by Crippen LogP contribution is -2.28. The molecular weight excluding hydrogens is 681 g/mol. The molecule has 3 aromatic rings. The number of hydrogen-bond donors (Lipinski definition) is 2. The Morgan fingerprint density at radius 3 is 1.93 bits per heavy atom. The van der Waals surface area contributed by atoms with E-state index in [4.69, 9.17) is 29.9 Å². The van der Waals surface area contributed by atoms with Crippen LogP contribution in [0.2, 0.25) is 0 Å². The van der Waals surface area contributed by atoms with Gasteiger partial charge in [-0.3, -0.25) is 19.2 Å². The molecule has 11 rings (SSSR count). The predicted molar refractivity (Wildman–Crippen MR) is 201 cm³/mol. The fourth-order valence-corrected chi connectivity index (χ4v) is 8.99. The molecule has 0 radical (unpaired) electrons. The first kappa shape index (κ1) is 32.6. The van der Waals surface area contributed by atoms with Crippen LogP contribution in [-0.4, -0.2) is 63.0 Å². The molecule has 268 valence electrons. The van der Waals surface area contributed by atoms with Crippen molar-refractivity contribution in [1.82, 2.24) is 39.9 Å². The molecule has 12 heteroatoms. The number of aromatic amines is 2. The molecule has 0 fully saturated rings. The van der Waals surface area contributed by atoms with Crippen LogP contribution in [0.5, 0.6) is 0 Å². The monoisotopic (exact) mass is 716 g/mol. The van der Waals surface area contributed by atoms with E-state index in [-0.39, 0.29) is 65.0 Å². The van der Waals surface area contributed by atoms with Crippen LogP contribution in [0.3, 0.4) is 0 Å². The summed E-state index contributed by atoms with van der Waals surface area (Å²) in [5, 5.41) is 0. The maximum Gasteiger partial charge on any atom is 0.165 e. The summed E-state index contributed by atoms with van der Waals surface area (Å²) in [4.78, 5) is 89.9. The van der Waals surface area contributed by atoms with Crippen LogP contribution < -0.4 is 0 Å². The van der Waals surface area contributed by atoms with Crippen molar-refractivity contribution < 1.29 is 19.2 Å². The minimum atomic E-state index is -0.560. The SMILES string of the molecule is C=C1C(=O)CC(C)C2=C1c1nc2nc2nc(nc3cc(C4C=CC(C)C(=O)C4)c(nc4[nH]c(cc4C4C=CC(C)CC4=O)n1)[nH]3)C1=C2C2C=CC1CC2=O. The highest BCUT2D eigenvalue weighted by molar-refractivity contribution is 6.19. The number of fused-ring (bicyclic) bond motifs is 11. The van der Waals surface area contributed by atoms with Gasteiger partial charge in [-0.05, 0) is 24.0 Å². The van der Waals surface area contributed by atoms with Crippen molar-refractivity contribution in [2.24, 2.45) is 29.6 Å². The van der Waals surface area contributed by atoms with Crippen molar-refractivity contribution in [2.75, 3.05) is 0 Å². The van der Waals surface area contributed by atoms with E-state index in [0.717, 1.165) is 22.3 Å². The summed E-state index contributed by atoms with van der Waals surface area (Å²) in [5.41, 5.74) is 6.35. The number of rotatable bonds is 2. The number of aromatic nitrogens is 8. The number of Topliss-reactive ketones (excluding diaryl/α,β-unsaturated/α-hetero) is 4. The van der Waals surface area contributed by atoms with E-state index in [1.807, 2.05) is 69.4 Å². The van der Waals surface area contributed by atoms with Crippen molar-refractivity contribution in [3.05, 3.63) is 95.2 Å². The smallest absolute Gasteiger partial charge is 0.165 e. The van der Waals surface area contributed by atoms with Crippen LogP contribution in [-0.2, 0) is 19.2 Å². The van der Waals surface area contributed by atoms with Gasteiger partial charge >= 0.3 is 0 Å². The molecular formula is C42H36N8O4. The molecule has 7 atom stereocenters. The zero-order valence-corrected chi connectivity index (χ0v) is 30.0. The molecule has 12 nitrogen and oxygen atoms in total. The Balaban J connectivity index is 1.31. The van der Waals surface area contributed by atoms with Crippen molar-refractivity contribution in [3.8, 4) is 0 Å². The highest BCUT2D eigenvalue weighted by Gasteiger charge is 2.44. The number of ketones is 4. The van der Waals surface area contributed by atoms with E-state index >= 15 is 0 Å². The largest absolute Gasteiger partial charge is 0.325 e. The number of allylic oxidation sites excluding steroid dienone is 11. The Bertz CT molecular complexity index is 2650. The number of nitrogens with zero attached hydrogens (tertiary/aromatic N) is 6. The van der Waals surface area contributed by atoms with Crippen LogP contribution in [0.15, 0.2) is 60.7 Å². The molecule has 2 aliphatic heterocycles. The van der Waals surface area contributed by atoms with E-state index in [1.165, 1.54) is 0 Å². The molecule has 2 N–H and O–H groups in total. The fourth-order valence-electron chi connectivity index (χ4n) is 8.99. The van der Waals surface area contributed by atoms with Gasteiger partial charge in [0.05, 0.1) is 11.8 Å². The van der Waals surface area contributed by atoms with Gasteiger partial charge in [-0.1, -0.05) is 63.8 Å². The van der Waals surface area contributed by atoms with E-state index in [1.54, 1.807) is 0 Å². The number of H-pyrrole nitrogens is 2. The standard InChI is InChI=1S/C42H36N8O4/c1-17-5-9-23(29(53)11-17)26-16-32-44-38(26)47-37-25(21-7-6-18(2)27(51)13-21)15-31(43-37)46-41-35-22-8-10-24(30(54)14-22)36(35)42(50-41)49-39-33-19(3)12-28(52)20(4)34(33)40(45-32)48-39/h5-10,15-19,21-24H,4,11-14H2,1-3H3,(H2,43,44,45,46,47,48,49,50). The average molecular weight is 717 g/mol. The summed E-state index contributed by atoms with van der Waals surface area (Å²) in [5.74, 6) is -0.179. The summed E-state index contributed by atoms with van der Waals surface area (Å²) in [6.07, 6.45) is 13.2. The first-order chi connectivity index (χ1) is 26.0. The first-order valence-corrected chi connectivity index (χ1v) is 18.6. The van der Waals surface area contributed by atoms with Gasteiger partial charge in [0.25, 0.3) is 0 Å². The van der Waals surface area contributed by atoms with Gasteiger partial charge < -0.3 is 9.97 Å². The Morgan fingerprint density at radius 1 is 0.574 bits per heavy atom. The third kappa shape index (κ3) is 4.95. The van der Waals surface area contributed by atoms with Crippen LogP contribution >= 0.6 is 0 Å². The van der Waals surface area contributed by atoms with Crippen molar-refractivity contribution >= 4 is 68.0 Å². The summed E-state index contributed by atoms with van der Waals surface area (Å²) in [6.45, 7) is 10.0. The maximum absolute atomic E-state index is 13.5. The lowest BCUT2D eigenvalue weighted by molar-refractivity contribution is -0.122. The average Bonchev–Trinajstić information content (AvgIpc) is 3.90. The zero-order valence-electron chi connectivity index (χ0n) is 30.0. The summed E-state index contributed by atoms with van der Waals surface area (Å²) in [7, 11) is 0. The second-order valence-electron chi connectivity index (χ2n) is 15.6. The van der Waals surface area contributed by atoms with Crippen molar-refractivity contribution in [2.45, 2.75) is 58.3 Å². The molecule has 0 spiro atoms. The molecule has 3 aromatic heterocycles. The molecule has 8 aliphatic rings. The van der Waals surface area contributed by atoms with Gasteiger partial charge in [-0.2, -0.15) is 0 Å². The van der Waals surface area contributed by atoms with Gasteiger partial charge in [-0.25, -0.2) is 29.9 Å². The molecule has 0 amide bonds. The van der Waals surface area contributed by atoms with Gasteiger partial charge in [0.15, 0.2) is 29.1 Å². The molecule has 0 aromatic carbocycles. The van der Waals surface area contributed by atoms with Crippen LogP contribution in [0.4, 0.5) is 0 Å². The topological polar surface area (TPSA) is 177 Å². The summed E-state index contributed by atoms with van der Waals surface area (Å²) < 4.78 is 0. The second-order valence-corrected chi connectivity index (χ2v) is 15.6. The third-order valence-electron chi connectivity index (χ3n) is 11.8. The van der Waals surface area contributed by atoms with Crippen LogP contribution in [0.25, 0.3) is 44.9 Å². The lowest BCUT2D eigenvalue weighted by atomic mass is 9.71. The quantitative estimate of drug-likeness (QED) is 0.231. The van der Waals surface area contributed by atoms with Gasteiger partial charge in [0, 0.05) is 82.4 Å². The number of carbonyl (C=O) groups excluding carboxylic acids is 4. The number of carbonyl (C=O) groups is 4. The summed E-state index contributed by atoms with van der Waals surface area (Å²) in [6, 6.07) is 3.71. The Labute approximate surface area is 309 Å². The first-order valence-electron chi connectivity index (χ1n) is 18.6. The fraction of sp³-hybridized carbons (Fsp3) is 0.333. The van der Waals surface area contributed by atoms with Crippen LogP contribution in [0, 0.1) is 29.6 Å². The highest BCUT2D eigenvalue weighted by Crippen LogP contribution is 2.50. The Morgan fingerprint density at radius 2 is 1.19 bits per heavy atom. The van der Waals surface area contributed by atoms with Gasteiger partial charge in [0.1, 0.15) is 39.9 Å². The molecule has 10 bridgehead atoms. The van der Waals surface area contributed by atoms with Gasteiger partial charge in [0.2, 0.25) is 0 Å².